The molecule has 0 fully saturated rings. The van der Waals surface area contributed by atoms with Gasteiger partial charge in [0, 0.05) is 25.3 Å². The van der Waals surface area contributed by atoms with Crippen molar-refractivity contribution < 1.29 is 8.42 Å². The molecule has 3 nitrogen and oxygen atoms in total. The molecular formula is C11H15NO2S. The molecule has 15 heavy (non-hydrogen) atoms. The maximum atomic E-state index is 11.3. The Balaban J connectivity index is 2.30. The summed E-state index contributed by atoms with van der Waals surface area (Å²) in [6.45, 7) is 1.60. The minimum Gasteiger partial charge on any atom is -0.312 e. The van der Waals surface area contributed by atoms with E-state index in [1.807, 2.05) is 18.2 Å². The molecule has 1 aromatic rings. The molecule has 0 bridgehead atoms. The highest BCUT2D eigenvalue weighted by Gasteiger charge is 2.22. The van der Waals surface area contributed by atoms with E-state index in [9.17, 15) is 8.42 Å². The first-order valence-corrected chi connectivity index (χ1v) is 7.08. The maximum Gasteiger partial charge on any atom is 0.148 e. The molecule has 4 heteroatoms. The van der Waals surface area contributed by atoms with Crippen molar-refractivity contribution in [2.24, 2.45) is 0 Å². The first kappa shape index (κ1) is 10.6. The molecule has 0 aliphatic carbocycles. The molecule has 1 unspecified atom stereocenters. The summed E-state index contributed by atoms with van der Waals surface area (Å²) in [4.78, 5) is 0. The van der Waals surface area contributed by atoms with Gasteiger partial charge in [-0.25, -0.2) is 8.42 Å². The lowest BCUT2D eigenvalue weighted by molar-refractivity contribution is 0.553. The van der Waals surface area contributed by atoms with Crippen LogP contribution in [0, 0.1) is 0 Å². The van der Waals surface area contributed by atoms with Crippen molar-refractivity contribution in [3.63, 3.8) is 0 Å². The molecule has 1 N–H and O–H groups in total. The molecule has 2 rings (SSSR count). The zero-order chi connectivity index (χ0) is 10.9. The molecule has 1 aliphatic rings. The third kappa shape index (κ3) is 2.58. The van der Waals surface area contributed by atoms with E-state index in [1.54, 1.807) is 0 Å². The fourth-order valence-corrected chi connectivity index (χ4v) is 3.13. The molecule has 0 saturated carbocycles. The minimum absolute atomic E-state index is 0.102. The van der Waals surface area contributed by atoms with Crippen LogP contribution in [0.1, 0.15) is 17.0 Å². The zero-order valence-corrected chi connectivity index (χ0v) is 9.55. The van der Waals surface area contributed by atoms with E-state index in [1.165, 1.54) is 17.4 Å². The average Bonchev–Trinajstić information content (AvgIpc) is 2.16. The van der Waals surface area contributed by atoms with E-state index in [4.69, 9.17) is 0 Å². The average molecular weight is 225 g/mol. The number of nitrogens with one attached hydrogen (secondary N) is 1. The third-order valence-corrected chi connectivity index (χ3v) is 3.71. The summed E-state index contributed by atoms with van der Waals surface area (Å²) >= 11 is 0. The number of rotatable bonds is 2. The summed E-state index contributed by atoms with van der Waals surface area (Å²) < 4.78 is 22.6. The Hall–Kier alpha value is -0.870. The van der Waals surface area contributed by atoms with E-state index in [0.717, 1.165) is 13.1 Å². The second-order valence-electron chi connectivity index (χ2n) is 4.12. The molecule has 0 amide bonds. The van der Waals surface area contributed by atoms with Gasteiger partial charge in [0.25, 0.3) is 0 Å². The fraction of sp³-hybridized carbons (Fsp3) is 0.455. The Morgan fingerprint density at radius 1 is 1.40 bits per heavy atom. The van der Waals surface area contributed by atoms with Gasteiger partial charge in [-0.3, -0.25) is 0 Å². The van der Waals surface area contributed by atoms with Gasteiger partial charge < -0.3 is 5.32 Å². The molecule has 82 valence electrons. The van der Waals surface area contributed by atoms with Crippen LogP contribution in [0.2, 0.25) is 0 Å². The Kier molecular flexibility index (Phi) is 2.80. The fourth-order valence-electron chi connectivity index (χ4n) is 2.10. The number of sulfone groups is 1. The zero-order valence-electron chi connectivity index (χ0n) is 8.73. The van der Waals surface area contributed by atoms with Gasteiger partial charge in [0.05, 0.1) is 5.75 Å². The first-order valence-electron chi connectivity index (χ1n) is 5.02. The van der Waals surface area contributed by atoms with Crippen LogP contribution in [0.4, 0.5) is 0 Å². The lowest BCUT2D eigenvalue weighted by Crippen LogP contribution is -2.31. The summed E-state index contributed by atoms with van der Waals surface area (Å²) in [6.07, 6.45) is 1.30. The smallest absolute Gasteiger partial charge is 0.148 e. The molecule has 1 heterocycles. The number of benzene rings is 1. The lowest BCUT2D eigenvalue weighted by Gasteiger charge is -2.25. The van der Waals surface area contributed by atoms with Crippen molar-refractivity contribution in [3.8, 4) is 0 Å². The highest BCUT2D eigenvalue weighted by molar-refractivity contribution is 7.90. The Bertz CT molecular complexity index is 453. The highest BCUT2D eigenvalue weighted by Crippen LogP contribution is 2.24. The van der Waals surface area contributed by atoms with Gasteiger partial charge in [-0.2, -0.15) is 0 Å². The van der Waals surface area contributed by atoms with Gasteiger partial charge in [-0.05, 0) is 11.1 Å². The molecular weight excluding hydrogens is 210 g/mol. The summed E-state index contributed by atoms with van der Waals surface area (Å²) in [7, 11) is -2.91. The second kappa shape index (κ2) is 3.94. The van der Waals surface area contributed by atoms with Gasteiger partial charge in [0.2, 0.25) is 0 Å². The number of fused-ring (bicyclic) bond motifs is 1. The van der Waals surface area contributed by atoms with Crippen LogP contribution in [-0.4, -0.2) is 27.0 Å². The van der Waals surface area contributed by atoms with Crippen LogP contribution in [0.15, 0.2) is 24.3 Å². The lowest BCUT2D eigenvalue weighted by atomic mass is 9.92. The molecule has 0 saturated heterocycles. The van der Waals surface area contributed by atoms with Crippen molar-refractivity contribution in [2.45, 2.75) is 12.5 Å². The molecule has 1 aliphatic heterocycles. The van der Waals surface area contributed by atoms with Crippen molar-refractivity contribution in [2.75, 3.05) is 18.6 Å². The van der Waals surface area contributed by atoms with Crippen LogP contribution >= 0.6 is 0 Å². The van der Waals surface area contributed by atoms with Crippen LogP contribution in [-0.2, 0) is 16.4 Å². The maximum absolute atomic E-state index is 11.3. The summed E-state index contributed by atoms with van der Waals surface area (Å²) in [6, 6.07) is 8.05. The van der Waals surface area contributed by atoms with Crippen LogP contribution < -0.4 is 5.32 Å². The van der Waals surface area contributed by atoms with Crippen LogP contribution in [0.5, 0.6) is 0 Å². The minimum atomic E-state index is -2.91. The summed E-state index contributed by atoms with van der Waals surface area (Å²) in [5, 5.41) is 3.25. The summed E-state index contributed by atoms with van der Waals surface area (Å²) in [5.41, 5.74) is 2.40. The molecule has 0 aromatic heterocycles. The Morgan fingerprint density at radius 3 is 2.87 bits per heavy atom. The molecule has 0 spiro atoms. The van der Waals surface area contributed by atoms with Crippen molar-refractivity contribution in [3.05, 3.63) is 35.4 Å². The quantitative estimate of drug-likeness (QED) is 0.814. The highest BCUT2D eigenvalue weighted by atomic mass is 32.2. The van der Waals surface area contributed by atoms with E-state index >= 15 is 0 Å². The molecule has 0 radical (unpaired) electrons. The van der Waals surface area contributed by atoms with Crippen molar-refractivity contribution >= 4 is 9.84 Å². The predicted octanol–water partition coefficient (Wildman–Crippen LogP) is 0.918. The van der Waals surface area contributed by atoms with E-state index in [0.29, 0.717) is 0 Å². The van der Waals surface area contributed by atoms with Crippen molar-refractivity contribution in [1.82, 2.24) is 5.32 Å². The first-order chi connectivity index (χ1) is 7.06. The Labute approximate surface area is 90.4 Å². The van der Waals surface area contributed by atoms with Gasteiger partial charge in [0.15, 0.2) is 0 Å². The predicted molar refractivity (Wildman–Crippen MR) is 60.6 cm³/mol. The monoisotopic (exact) mass is 225 g/mol. The number of hydrogen-bond acceptors (Lipinski definition) is 3. The van der Waals surface area contributed by atoms with Gasteiger partial charge in [0.1, 0.15) is 9.84 Å². The number of hydrogen-bond donors (Lipinski definition) is 1. The van der Waals surface area contributed by atoms with Crippen molar-refractivity contribution in [1.29, 1.82) is 0 Å². The third-order valence-electron chi connectivity index (χ3n) is 2.71. The van der Waals surface area contributed by atoms with E-state index in [2.05, 4.69) is 11.4 Å². The van der Waals surface area contributed by atoms with E-state index in [-0.39, 0.29) is 11.7 Å². The SMILES string of the molecule is CS(=O)(=O)CC1CNCc2ccccc21. The normalized spacial score (nSPS) is 21.0. The molecule has 1 atom stereocenters. The largest absolute Gasteiger partial charge is 0.312 e. The standard InChI is InChI=1S/C11H15NO2S/c1-15(13,14)8-10-7-12-6-9-4-2-3-5-11(9)10/h2-5,10,12H,6-8H2,1H3. The van der Waals surface area contributed by atoms with Gasteiger partial charge >= 0.3 is 0 Å². The second-order valence-corrected chi connectivity index (χ2v) is 6.30. The van der Waals surface area contributed by atoms with Gasteiger partial charge in [-0.15, -0.1) is 0 Å². The van der Waals surface area contributed by atoms with Gasteiger partial charge in [-0.1, -0.05) is 24.3 Å². The topological polar surface area (TPSA) is 46.2 Å². The summed E-state index contributed by atoms with van der Waals surface area (Å²) in [5.74, 6) is 0.335. The molecule has 1 aromatic carbocycles. The van der Waals surface area contributed by atoms with E-state index < -0.39 is 9.84 Å². The van der Waals surface area contributed by atoms with Crippen LogP contribution in [0.3, 0.4) is 0 Å². The van der Waals surface area contributed by atoms with Crippen LogP contribution in [0.25, 0.3) is 0 Å². The Morgan fingerprint density at radius 2 is 2.13 bits per heavy atom.